The van der Waals surface area contributed by atoms with Gasteiger partial charge in [-0.05, 0) is 34.1 Å². The number of hydrogen-bond acceptors (Lipinski definition) is 2. The molecular weight excluding hydrogens is 158 g/mol. The third-order valence-corrected chi connectivity index (χ3v) is 3.41. The van der Waals surface area contributed by atoms with Gasteiger partial charge in [-0.1, -0.05) is 0 Å². The molecule has 0 saturated heterocycles. The van der Waals surface area contributed by atoms with Gasteiger partial charge in [-0.25, -0.2) is 0 Å². The van der Waals surface area contributed by atoms with E-state index >= 15 is 0 Å². The fourth-order valence-corrected chi connectivity index (χ4v) is 1.80. The Balaban J connectivity index is 3.71. The molecule has 0 aliphatic carbocycles. The average Bonchev–Trinajstić information content (AvgIpc) is 1.80. The summed E-state index contributed by atoms with van der Waals surface area (Å²) < 4.78 is 11.3. The highest BCUT2D eigenvalue weighted by Crippen LogP contribution is 2.12. The Morgan fingerprint density at radius 1 is 1.45 bits per heavy atom. The summed E-state index contributed by atoms with van der Waals surface area (Å²) in [6, 6.07) is 0.168. The number of nitrogens with two attached hydrogens (primary N) is 1. The maximum Gasteiger partial charge on any atom is 0.0375 e. The van der Waals surface area contributed by atoms with Crippen LogP contribution in [0.3, 0.4) is 0 Å². The Morgan fingerprint density at radius 3 is 2.18 bits per heavy atom. The van der Waals surface area contributed by atoms with Gasteiger partial charge in [0.05, 0.1) is 0 Å². The Labute approximate surface area is 72.0 Å². The molecule has 2 unspecified atom stereocenters. The van der Waals surface area contributed by atoms with Crippen molar-refractivity contribution >= 4 is 10.8 Å². The van der Waals surface area contributed by atoms with Crippen molar-refractivity contribution in [1.29, 1.82) is 0 Å². The molecule has 0 saturated carbocycles. The van der Waals surface area contributed by atoms with Crippen LogP contribution in [0.15, 0.2) is 0 Å². The summed E-state index contributed by atoms with van der Waals surface area (Å²) in [6.07, 6.45) is 0.851. The van der Waals surface area contributed by atoms with Gasteiger partial charge >= 0.3 is 0 Å². The van der Waals surface area contributed by atoms with Crippen LogP contribution in [0.4, 0.5) is 0 Å². The summed E-state index contributed by atoms with van der Waals surface area (Å²) in [5, 5.41) is 0. The first-order valence-corrected chi connectivity index (χ1v) is 5.30. The van der Waals surface area contributed by atoms with E-state index < -0.39 is 10.8 Å². The van der Waals surface area contributed by atoms with Crippen molar-refractivity contribution in [3.8, 4) is 0 Å². The zero-order chi connectivity index (χ0) is 9.07. The third kappa shape index (κ3) is 5.39. The summed E-state index contributed by atoms with van der Waals surface area (Å²) >= 11 is 0. The Bertz CT molecular complexity index is 138. The second kappa shape index (κ2) is 4.21. The van der Waals surface area contributed by atoms with E-state index in [0.717, 1.165) is 12.2 Å². The van der Waals surface area contributed by atoms with E-state index in [2.05, 4.69) is 0 Å². The fourth-order valence-electron chi connectivity index (χ4n) is 0.599. The smallest absolute Gasteiger partial charge is 0.0375 e. The zero-order valence-corrected chi connectivity index (χ0v) is 8.70. The molecule has 0 amide bonds. The highest BCUT2D eigenvalue weighted by molar-refractivity contribution is 7.86. The first kappa shape index (κ1) is 11.1. The molecule has 0 heterocycles. The molecule has 2 atom stereocenters. The van der Waals surface area contributed by atoms with Crippen LogP contribution in [0.25, 0.3) is 0 Å². The molecule has 0 radical (unpaired) electrons. The van der Waals surface area contributed by atoms with E-state index in [9.17, 15) is 4.21 Å². The van der Waals surface area contributed by atoms with Gasteiger partial charge in [-0.3, -0.25) is 4.21 Å². The van der Waals surface area contributed by atoms with E-state index in [1.807, 2.05) is 27.7 Å². The molecule has 0 aromatic heterocycles. The second-order valence-corrected chi connectivity index (χ2v) is 6.25. The molecule has 0 aromatic carbocycles. The Kier molecular flexibility index (Phi) is 4.26. The lowest BCUT2D eigenvalue weighted by molar-refractivity contribution is 0.636. The van der Waals surface area contributed by atoms with Gasteiger partial charge < -0.3 is 5.73 Å². The normalized spacial score (nSPS) is 17.9. The second-order valence-electron chi connectivity index (χ2n) is 3.93. The van der Waals surface area contributed by atoms with Gasteiger partial charge in [0.1, 0.15) is 0 Å². The lowest BCUT2D eigenvalue weighted by Crippen LogP contribution is -2.27. The molecule has 2 nitrogen and oxygen atoms in total. The minimum Gasteiger partial charge on any atom is -0.328 e. The van der Waals surface area contributed by atoms with Crippen LogP contribution in [-0.2, 0) is 10.8 Å². The van der Waals surface area contributed by atoms with Crippen molar-refractivity contribution in [2.45, 2.75) is 44.9 Å². The number of rotatable bonds is 3. The van der Waals surface area contributed by atoms with Crippen molar-refractivity contribution in [2.75, 3.05) is 5.75 Å². The van der Waals surface area contributed by atoms with Gasteiger partial charge in [-0.2, -0.15) is 0 Å². The van der Waals surface area contributed by atoms with Gasteiger partial charge in [0.2, 0.25) is 0 Å². The highest BCUT2D eigenvalue weighted by Gasteiger charge is 2.18. The van der Waals surface area contributed by atoms with Crippen LogP contribution in [0.5, 0.6) is 0 Å². The Morgan fingerprint density at radius 2 is 1.91 bits per heavy atom. The van der Waals surface area contributed by atoms with Crippen LogP contribution in [0.1, 0.15) is 34.1 Å². The molecule has 0 fully saturated rings. The van der Waals surface area contributed by atoms with Crippen LogP contribution in [0.2, 0.25) is 0 Å². The van der Waals surface area contributed by atoms with E-state index in [1.165, 1.54) is 0 Å². The molecule has 0 rings (SSSR count). The van der Waals surface area contributed by atoms with Gasteiger partial charge in [0, 0.05) is 27.3 Å². The standard InChI is InChI=1S/C8H19NOS/c1-7(9)5-6-11(10)8(2,3)4/h7H,5-6,9H2,1-4H3. The van der Waals surface area contributed by atoms with Crippen molar-refractivity contribution in [2.24, 2.45) is 5.73 Å². The summed E-state index contributed by atoms with van der Waals surface area (Å²) in [5.74, 6) is 0.723. The Hall–Kier alpha value is 0.110. The first-order chi connectivity index (χ1) is 4.84. The lowest BCUT2D eigenvalue weighted by atomic mass is 10.3. The molecule has 0 bridgehead atoms. The number of hydrogen-bond donors (Lipinski definition) is 1. The minimum atomic E-state index is -0.738. The molecule has 0 aliphatic rings. The lowest BCUT2D eigenvalue weighted by Gasteiger charge is -2.18. The van der Waals surface area contributed by atoms with Gasteiger partial charge in [-0.15, -0.1) is 0 Å². The van der Waals surface area contributed by atoms with Crippen LogP contribution in [0, 0.1) is 0 Å². The largest absolute Gasteiger partial charge is 0.328 e. The van der Waals surface area contributed by atoms with Crippen LogP contribution < -0.4 is 5.73 Å². The molecule has 2 N–H and O–H groups in total. The molecule has 0 aliphatic heterocycles. The van der Waals surface area contributed by atoms with Gasteiger partial charge in [0.15, 0.2) is 0 Å². The van der Waals surface area contributed by atoms with Crippen molar-refractivity contribution in [3.05, 3.63) is 0 Å². The third-order valence-electron chi connectivity index (χ3n) is 1.44. The summed E-state index contributed by atoms with van der Waals surface area (Å²) in [4.78, 5) is 0. The predicted molar refractivity (Wildman–Crippen MR) is 51.0 cm³/mol. The van der Waals surface area contributed by atoms with Crippen LogP contribution in [-0.4, -0.2) is 20.8 Å². The molecule has 11 heavy (non-hydrogen) atoms. The summed E-state index contributed by atoms with van der Waals surface area (Å²) in [7, 11) is -0.738. The topological polar surface area (TPSA) is 43.1 Å². The maximum atomic E-state index is 11.4. The molecule has 3 heteroatoms. The maximum absolute atomic E-state index is 11.4. The van der Waals surface area contributed by atoms with Crippen molar-refractivity contribution < 1.29 is 4.21 Å². The monoisotopic (exact) mass is 177 g/mol. The van der Waals surface area contributed by atoms with Crippen molar-refractivity contribution in [3.63, 3.8) is 0 Å². The molecule has 0 aromatic rings. The van der Waals surface area contributed by atoms with Gasteiger partial charge in [0.25, 0.3) is 0 Å². The fraction of sp³-hybridized carbons (Fsp3) is 1.00. The summed E-state index contributed by atoms with van der Waals surface area (Å²) in [5.41, 5.74) is 5.55. The molecule has 0 spiro atoms. The van der Waals surface area contributed by atoms with E-state index in [1.54, 1.807) is 0 Å². The minimum absolute atomic E-state index is 0.0884. The summed E-state index contributed by atoms with van der Waals surface area (Å²) in [6.45, 7) is 7.92. The van der Waals surface area contributed by atoms with E-state index in [-0.39, 0.29) is 10.8 Å². The predicted octanol–water partition coefficient (Wildman–Crippen LogP) is 1.27. The van der Waals surface area contributed by atoms with Crippen molar-refractivity contribution in [1.82, 2.24) is 0 Å². The molecular formula is C8H19NOS. The van der Waals surface area contributed by atoms with E-state index in [4.69, 9.17) is 5.73 Å². The highest BCUT2D eigenvalue weighted by atomic mass is 32.2. The average molecular weight is 177 g/mol. The van der Waals surface area contributed by atoms with E-state index in [0.29, 0.717) is 0 Å². The van der Waals surface area contributed by atoms with Crippen LogP contribution >= 0.6 is 0 Å². The first-order valence-electron chi connectivity index (χ1n) is 3.98. The zero-order valence-electron chi connectivity index (χ0n) is 7.89. The molecule has 68 valence electrons. The quantitative estimate of drug-likeness (QED) is 0.705. The SMILES string of the molecule is CC(N)CCS(=O)C(C)(C)C.